The van der Waals surface area contributed by atoms with Gasteiger partial charge in [-0.05, 0) is 68.8 Å². The van der Waals surface area contributed by atoms with Crippen molar-refractivity contribution in [2.75, 3.05) is 18.4 Å². The van der Waals surface area contributed by atoms with Crippen molar-refractivity contribution >= 4 is 51.5 Å². The number of nitrogens with one attached hydrogen (secondary N) is 2. The Kier molecular flexibility index (Phi) is 7.75. The van der Waals surface area contributed by atoms with Crippen LogP contribution in [-0.2, 0) is 0 Å². The number of nitrogens with zero attached hydrogens (tertiary/aromatic N) is 2. The SMILES string of the molecule is Cc1c(Cl)cccc1-n1ncc(C(=O)Nc2ccc(Br)cc2F)c1C1CCNCC1.Cl. The van der Waals surface area contributed by atoms with Crippen molar-refractivity contribution < 1.29 is 9.18 Å². The molecule has 9 heteroatoms. The number of aromatic nitrogens is 2. The first kappa shape index (κ1) is 23.7. The first-order valence-electron chi connectivity index (χ1n) is 9.76. The number of rotatable bonds is 4. The van der Waals surface area contributed by atoms with Gasteiger partial charge in [-0.25, -0.2) is 9.07 Å². The molecule has 5 nitrogen and oxygen atoms in total. The Balaban J connectivity index is 0.00000272. The van der Waals surface area contributed by atoms with Gasteiger partial charge < -0.3 is 10.6 Å². The average molecular weight is 528 g/mol. The van der Waals surface area contributed by atoms with Gasteiger partial charge in [0.15, 0.2) is 0 Å². The van der Waals surface area contributed by atoms with E-state index in [9.17, 15) is 9.18 Å². The smallest absolute Gasteiger partial charge is 0.259 e. The summed E-state index contributed by atoms with van der Waals surface area (Å²) in [5.41, 5.74) is 3.14. The molecular formula is C22H22BrCl2FN4O. The fraction of sp³-hybridized carbons (Fsp3) is 0.273. The molecule has 2 aromatic carbocycles. The number of halogens is 4. The Labute approximate surface area is 199 Å². The van der Waals surface area contributed by atoms with E-state index in [2.05, 4.69) is 31.7 Å². The molecule has 0 spiro atoms. The van der Waals surface area contributed by atoms with E-state index in [4.69, 9.17) is 11.6 Å². The van der Waals surface area contributed by atoms with Crippen LogP contribution in [0, 0.1) is 12.7 Å². The minimum atomic E-state index is -0.501. The Hall–Kier alpha value is -1.93. The van der Waals surface area contributed by atoms with Gasteiger partial charge in [0.1, 0.15) is 5.82 Å². The summed E-state index contributed by atoms with van der Waals surface area (Å²) in [6.45, 7) is 3.67. The van der Waals surface area contributed by atoms with Crippen LogP contribution in [0.4, 0.5) is 10.1 Å². The lowest BCUT2D eigenvalue weighted by Gasteiger charge is -2.25. The highest BCUT2D eigenvalue weighted by molar-refractivity contribution is 9.10. The molecule has 4 rings (SSSR count). The van der Waals surface area contributed by atoms with E-state index in [1.165, 1.54) is 12.1 Å². The Morgan fingerprint density at radius 2 is 2.03 bits per heavy atom. The summed E-state index contributed by atoms with van der Waals surface area (Å²) in [7, 11) is 0. The van der Waals surface area contributed by atoms with Gasteiger partial charge in [0.05, 0.1) is 28.8 Å². The summed E-state index contributed by atoms with van der Waals surface area (Å²) in [5, 5.41) is 11.2. The van der Waals surface area contributed by atoms with E-state index in [0.717, 1.165) is 42.9 Å². The minimum Gasteiger partial charge on any atom is -0.319 e. The standard InChI is InChI=1S/C22H21BrClFN4O.ClH/c1-13-17(24)3-2-4-20(13)29-21(14-7-9-26-10-8-14)16(12-27-29)22(30)28-19-6-5-15(23)11-18(19)25;/h2-6,11-12,14,26H,7-10H2,1H3,(H,28,30);1H. The van der Waals surface area contributed by atoms with Crippen LogP contribution >= 0.6 is 39.9 Å². The molecule has 1 amide bonds. The van der Waals surface area contributed by atoms with Crippen LogP contribution in [0.25, 0.3) is 5.69 Å². The first-order valence-corrected chi connectivity index (χ1v) is 10.9. The van der Waals surface area contributed by atoms with Gasteiger partial charge in [0.2, 0.25) is 0 Å². The number of carbonyl (C=O) groups excluding carboxylic acids is 1. The highest BCUT2D eigenvalue weighted by atomic mass is 79.9. The third kappa shape index (κ3) is 4.95. The lowest BCUT2D eigenvalue weighted by molar-refractivity contribution is 0.102. The van der Waals surface area contributed by atoms with Crippen molar-refractivity contribution in [2.45, 2.75) is 25.7 Å². The molecule has 164 valence electrons. The molecule has 0 atom stereocenters. The third-order valence-corrected chi connectivity index (χ3v) is 6.33. The Morgan fingerprint density at radius 1 is 1.29 bits per heavy atom. The maximum absolute atomic E-state index is 14.3. The molecule has 31 heavy (non-hydrogen) atoms. The molecule has 1 saturated heterocycles. The average Bonchev–Trinajstić information content (AvgIpc) is 3.18. The minimum absolute atomic E-state index is 0. The predicted molar refractivity (Wildman–Crippen MR) is 127 cm³/mol. The number of hydrogen-bond acceptors (Lipinski definition) is 3. The number of amides is 1. The second-order valence-electron chi connectivity index (χ2n) is 7.34. The van der Waals surface area contributed by atoms with Gasteiger partial charge in [-0.1, -0.05) is 33.6 Å². The van der Waals surface area contributed by atoms with Crippen molar-refractivity contribution in [3.8, 4) is 5.69 Å². The summed E-state index contributed by atoms with van der Waals surface area (Å²) < 4.78 is 16.7. The molecule has 0 unspecified atom stereocenters. The lowest BCUT2D eigenvalue weighted by atomic mass is 9.91. The zero-order valence-corrected chi connectivity index (χ0v) is 20.0. The maximum Gasteiger partial charge on any atom is 0.259 e. The van der Waals surface area contributed by atoms with Crippen molar-refractivity contribution in [3.63, 3.8) is 0 Å². The molecule has 1 fully saturated rings. The van der Waals surface area contributed by atoms with Gasteiger partial charge in [0.25, 0.3) is 5.91 Å². The molecule has 0 bridgehead atoms. The second kappa shape index (κ2) is 10.1. The molecule has 1 aliphatic rings. The summed E-state index contributed by atoms with van der Waals surface area (Å²) in [6, 6.07) is 10.2. The second-order valence-corrected chi connectivity index (χ2v) is 8.66. The number of benzene rings is 2. The first-order chi connectivity index (χ1) is 14.5. The van der Waals surface area contributed by atoms with Gasteiger partial charge in [-0.2, -0.15) is 5.10 Å². The van der Waals surface area contributed by atoms with Crippen molar-refractivity contribution in [1.82, 2.24) is 15.1 Å². The highest BCUT2D eigenvalue weighted by Gasteiger charge is 2.28. The van der Waals surface area contributed by atoms with Crippen LogP contribution in [0.3, 0.4) is 0 Å². The van der Waals surface area contributed by atoms with E-state index in [-0.39, 0.29) is 29.9 Å². The summed E-state index contributed by atoms with van der Waals surface area (Å²) in [5.74, 6) is -0.724. The molecule has 0 radical (unpaired) electrons. The lowest BCUT2D eigenvalue weighted by Crippen LogP contribution is -2.29. The molecule has 2 N–H and O–H groups in total. The molecule has 2 heterocycles. The maximum atomic E-state index is 14.3. The van der Waals surface area contributed by atoms with E-state index in [1.807, 2.05) is 29.8 Å². The van der Waals surface area contributed by atoms with Crippen molar-refractivity contribution in [3.05, 3.63) is 74.7 Å². The molecule has 0 saturated carbocycles. The monoisotopic (exact) mass is 526 g/mol. The predicted octanol–water partition coefficient (Wildman–Crippen LogP) is 5.88. The normalized spacial score (nSPS) is 14.2. The largest absolute Gasteiger partial charge is 0.319 e. The fourth-order valence-electron chi connectivity index (χ4n) is 3.82. The van der Waals surface area contributed by atoms with Gasteiger partial charge in [-0.15, -0.1) is 12.4 Å². The van der Waals surface area contributed by atoms with E-state index >= 15 is 0 Å². The van der Waals surface area contributed by atoms with E-state index in [1.54, 1.807) is 12.3 Å². The summed E-state index contributed by atoms with van der Waals surface area (Å²) in [4.78, 5) is 13.1. The molecule has 1 aliphatic heterocycles. The molecule has 3 aromatic rings. The van der Waals surface area contributed by atoms with Crippen LogP contribution < -0.4 is 10.6 Å². The van der Waals surface area contributed by atoms with E-state index in [0.29, 0.717) is 15.1 Å². The van der Waals surface area contributed by atoms with Crippen molar-refractivity contribution in [1.29, 1.82) is 0 Å². The Morgan fingerprint density at radius 3 is 2.74 bits per heavy atom. The molecule has 1 aromatic heterocycles. The highest BCUT2D eigenvalue weighted by Crippen LogP contribution is 2.33. The van der Waals surface area contributed by atoms with Gasteiger partial charge in [-0.3, -0.25) is 4.79 Å². The number of carbonyl (C=O) groups is 1. The van der Waals surface area contributed by atoms with Crippen LogP contribution in [0.5, 0.6) is 0 Å². The molecular weight excluding hydrogens is 506 g/mol. The number of piperidine rings is 1. The summed E-state index contributed by atoms with van der Waals surface area (Å²) in [6.07, 6.45) is 3.33. The zero-order chi connectivity index (χ0) is 21.3. The van der Waals surface area contributed by atoms with Crippen LogP contribution in [0.15, 0.2) is 47.1 Å². The number of anilines is 1. The van der Waals surface area contributed by atoms with Crippen molar-refractivity contribution in [2.24, 2.45) is 0 Å². The van der Waals surface area contributed by atoms with Crippen LogP contribution in [-0.4, -0.2) is 28.8 Å². The third-order valence-electron chi connectivity index (χ3n) is 5.42. The van der Waals surface area contributed by atoms with Crippen LogP contribution in [0.1, 0.15) is 40.4 Å². The van der Waals surface area contributed by atoms with Crippen LogP contribution in [0.2, 0.25) is 5.02 Å². The Bertz CT molecular complexity index is 1100. The van der Waals surface area contributed by atoms with Gasteiger partial charge in [0, 0.05) is 15.4 Å². The van der Waals surface area contributed by atoms with Gasteiger partial charge >= 0.3 is 0 Å². The summed E-state index contributed by atoms with van der Waals surface area (Å²) >= 11 is 9.56. The molecule has 0 aliphatic carbocycles. The topological polar surface area (TPSA) is 59.0 Å². The number of hydrogen-bond donors (Lipinski definition) is 2. The van der Waals surface area contributed by atoms with E-state index < -0.39 is 5.82 Å². The zero-order valence-electron chi connectivity index (χ0n) is 16.8. The quantitative estimate of drug-likeness (QED) is 0.445. The fourth-order valence-corrected chi connectivity index (χ4v) is 4.32.